The van der Waals surface area contributed by atoms with Crippen LogP contribution >= 0.6 is 0 Å². The van der Waals surface area contributed by atoms with E-state index in [0.717, 1.165) is 42.4 Å². The van der Waals surface area contributed by atoms with E-state index in [-0.39, 0.29) is 17.5 Å². The lowest BCUT2D eigenvalue weighted by Gasteiger charge is -2.28. The summed E-state index contributed by atoms with van der Waals surface area (Å²) < 4.78 is 2.07. The number of hydrogen-bond acceptors (Lipinski definition) is 7. The minimum atomic E-state index is -0.407. The third kappa shape index (κ3) is 4.87. The summed E-state index contributed by atoms with van der Waals surface area (Å²) in [4.78, 5) is 39.4. The van der Waals surface area contributed by atoms with Gasteiger partial charge in [-0.1, -0.05) is 12.1 Å². The minimum Gasteiger partial charge on any atom is -0.354 e. The van der Waals surface area contributed by atoms with Crippen LogP contribution in [0.1, 0.15) is 39.7 Å². The molecule has 4 aromatic rings. The molecule has 10 heteroatoms. The number of carbonyl (C=O) groups excluding carboxylic acids is 2. The first-order valence-corrected chi connectivity index (χ1v) is 11.5. The minimum absolute atomic E-state index is 0.192. The number of rotatable bonds is 5. The highest BCUT2D eigenvalue weighted by Gasteiger charge is 2.19. The van der Waals surface area contributed by atoms with Crippen LogP contribution in [0.4, 0.5) is 5.95 Å². The van der Waals surface area contributed by atoms with Gasteiger partial charge in [0.15, 0.2) is 0 Å². The van der Waals surface area contributed by atoms with Crippen molar-refractivity contribution in [2.24, 2.45) is 0 Å². The van der Waals surface area contributed by atoms with Gasteiger partial charge < -0.3 is 10.2 Å². The Hall–Kier alpha value is -4.18. The second-order valence-electron chi connectivity index (χ2n) is 8.68. The maximum atomic E-state index is 12.6. The number of carbonyl (C=O) groups is 2. The van der Waals surface area contributed by atoms with Gasteiger partial charge in [-0.3, -0.25) is 24.6 Å². The van der Waals surface area contributed by atoms with Crippen LogP contribution in [0.2, 0.25) is 0 Å². The Morgan fingerprint density at radius 1 is 0.971 bits per heavy atom. The van der Waals surface area contributed by atoms with Crippen molar-refractivity contribution in [1.82, 2.24) is 34.9 Å². The van der Waals surface area contributed by atoms with Crippen LogP contribution in [0.15, 0.2) is 55.1 Å². The zero-order chi connectivity index (χ0) is 24.4. The average molecular weight is 471 g/mol. The number of anilines is 1. The highest BCUT2D eigenvalue weighted by Crippen LogP contribution is 2.27. The normalized spacial score (nSPS) is 14.7. The first-order chi connectivity index (χ1) is 17.0. The molecule has 0 aliphatic carbocycles. The standard InChI is InChI=1S/C25H26N8O2/c1-26-24(35)21-6-5-18(13-27-21)23(34)31-25-28-12-17-4-3-16(11-22(17)30-25)19-14-29-33(15-19)20-7-9-32(2)10-8-20/h3-6,11-15,20H,7-10H2,1-2H3,(H,26,35)(H,28,30,31,34). The second-order valence-corrected chi connectivity index (χ2v) is 8.68. The quantitative estimate of drug-likeness (QED) is 0.460. The van der Waals surface area contributed by atoms with Gasteiger partial charge in [0.25, 0.3) is 11.8 Å². The van der Waals surface area contributed by atoms with E-state index in [2.05, 4.69) is 53.5 Å². The number of fused-ring (bicyclic) bond motifs is 1. The average Bonchev–Trinajstić information content (AvgIpc) is 3.38. The summed E-state index contributed by atoms with van der Waals surface area (Å²) in [5, 5.41) is 10.7. The van der Waals surface area contributed by atoms with Crippen molar-refractivity contribution in [2.75, 3.05) is 32.5 Å². The van der Waals surface area contributed by atoms with Crippen molar-refractivity contribution in [3.63, 3.8) is 0 Å². The first-order valence-electron chi connectivity index (χ1n) is 11.5. The van der Waals surface area contributed by atoms with Crippen LogP contribution in [0.25, 0.3) is 22.0 Å². The molecule has 1 aliphatic heterocycles. The van der Waals surface area contributed by atoms with Crippen molar-refractivity contribution in [3.05, 3.63) is 66.4 Å². The van der Waals surface area contributed by atoms with E-state index in [0.29, 0.717) is 17.1 Å². The molecule has 4 heterocycles. The molecule has 1 saturated heterocycles. The summed E-state index contributed by atoms with van der Waals surface area (Å²) in [6.07, 6.45) is 9.19. The van der Waals surface area contributed by atoms with Gasteiger partial charge in [0, 0.05) is 36.6 Å². The number of piperidine rings is 1. The fourth-order valence-electron chi connectivity index (χ4n) is 4.17. The molecule has 178 valence electrons. The summed E-state index contributed by atoms with van der Waals surface area (Å²) in [7, 11) is 3.67. The van der Waals surface area contributed by atoms with Gasteiger partial charge in [-0.05, 0) is 56.7 Å². The molecule has 0 saturated carbocycles. The molecule has 0 atom stereocenters. The van der Waals surface area contributed by atoms with Gasteiger partial charge >= 0.3 is 0 Å². The van der Waals surface area contributed by atoms with Crippen LogP contribution in [-0.4, -0.2) is 68.6 Å². The fraction of sp³-hybridized carbons (Fsp3) is 0.280. The maximum absolute atomic E-state index is 12.6. The van der Waals surface area contributed by atoms with Gasteiger partial charge in [0.05, 0.1) is 23.3 Å². The number of aromatic nitrogens is 5. The molecule has 2 N–H and O–H groups in total. The zero-order valence-corrected chi connectivity index (χ0v) is 19.6. The molecule has 0 unspecified atom stereocenters. The fourth-order valence-corrected chi connectivity index (χ4v) is 4.17. The number of nitrogens with zero attached hydrogens (tertiary/aromatic N) is 6. The van der Waals surface area contributed by atoms with E-state index in [1.807, 2.05) is 24.4 Å². The first kappa shape index (κ1) is 22.6. The van der Waals surface area contributed by atoms with Crippen molar-refractivity contribution < 1.29 is 9.59 Å². The van der Waals surface area contributed by atoms with Gasteiger partial charge in [0.1, 0.15) is 5.69 Å². The van der Waals surface area contributed by atoms with Crippen molar-refractivity contribution in [1.29, 1.82) is 0 Å². The summed E-state index contributed by atoms with van der Waals surface area (Å²) >= 11 is 0. The molecule has 0 radical (unpaired) electrons. The second kappa shape index (κ2) is 9.59. The van der Waals surface area contributed by atoms with Crippen LogP contribution in [-0.2, 0) is 0 Å². The molecule has 35 heavy (non-hydrogen) atoms. The van der Waals surface area contributed by atoms with E-state index in [1.165, 1.54) is 25.4 Å². The number of nitrogens with one attached hydrogen (secondary N) is 2. The van der Waals surface area contributed by atoms with Gasteiger partial charge in [-0.15, -0.1) is 0 Å². The van der Waals surface area contributed by atoms with Crippen LogP contribution in [0, 0.1) is 0 Å². The Kier molecular flexibility index (Phi) is 6.19. The van der Waals surface area contributed by atoms with E-state index in [9.17, 15) is 9.59 Å². The molecule has 1 aromatic carbocycles. The monoisotopic (exact) mass is 470 g/mol. The van der Waals surface area contributed by atoms with Crippen molar-refractivity contribution >= 4 is 28.7 Å². The molecule has 2 amide bonds. The third-order valence-corrected chi connectivity index (χ3v) is 6.29. The Bertz CT molecular complexity index is 1370. The predicted molar refractivity (Wildman–Crippen MR) is 132 cm³/mol. The molecule has 0 bridgehead atoms. The molecular weight excluding hydrogens is 444 g/mol. The highest BCUT2D eigenvalue weighted by molar-refractivity contribution is 6.04. The van der Waals surface area contributed by atoms with E-state index < -0.39 is 5.91 Å². The lowest BCUT2D eigenvalue weighted by molar-refractivity contribution is 0.0955. The molecule has 1 aliphatic rings. The third-order valence-electron chi connectivity index (χ3n) is 6.29. The predicted octanol–water partition coefficient (Wildman–Crippen LogP) is 2.77. The number of amides is 2. The number of likely N-dealkylation sites (tertiary alicyclic amines) is 1. The van der Waals surface area contributed by atoms with E-state index in [4.69, 9.17) is 0 Å². The van der Waals surface area contributed by atoms with Gasteiger partial charge in [-0.2, -0.15) is 5.10 Å². The summed E-state index contributed by atoms with van der Waals surface area (Å²) in [5.74, 6) is -0.532. The van der Waals surface area contributed by atoms with Crippen molar-refractivity contribution in [2.45, 2.75) is 18.9 Å². The summed E-state index contributed by atoms with van der Waals surface area (Å²) in [6, 6.07) is 9.41. The Labute approximate surface area is 202 Å². The Balaban J connectivity index is 1.33. The molecule has 0 spiro atoms. The summed E-state index contributed by atoms with van der Waals surface area (Å²) in [5.41, 5.74) is 3.28. The molecule has 10 nitrogen and oxygen atoms in total. The summed E-state index contributed by atoms with van der Waals surface area (Å²) in [6.45, 7) is 2.16. The van der Waals surface area contributed by atoms with Gasteiger partial charge in [0.2, 0.25) is 5.95 Å². The Morgan fingerprint density at radius 3 is 2.54 bits per heavy atom. The largest absolute Gasteiger partial charge is 0.354 e. The Morgan fingerprint density at radius 2 is 1.80 bits per heavy atom. The maximum Gasteiger partial charge on any atom is 0.269 e. The van der Waals surface area contributed by atoms with Crippen LogP contribution in [0.5, 0.6) is 0 Å². The molecule has 1 fully saturated rings. The highest BCUT2D eigenvalue weighted by atomic mass is 16.2. The zero-order valence-electron chi connectivity index (χ0n) is 19.6. The van der Waals surface area contributed by atoms with Crippen LogP contribution in [0.3, 0.4) is 0 Å². The van der Waals surface area contributed by atoms with Crippen LogP contribution < -0.4 is 10.6 Å². The number of hydrogen-bond donors (Lipinski definition) is 2. The number of pyridine rings is 1. The topological polar surface area (TPSA) is 118 Å². The lowest BCUT2D eigenvalue weighted by atomic mass is 10.1. The van der Waals surface area contributed by atoms with E-state index in [1.54, 1.807) is 6.20 Å². The smallest absolute Gasteiger partial charge is 0.269 e. The molecular formula is C25H26N8O2. The van der Waals surface area contributed by atoms with Crippen molar-refractivity contribution in [3.8, 4) is 11.1 Å². The number of benzene rings is 1. The lowest BCUT2D eigenvalue weighted by Crippen LogP contribution is -2.31. The van der Waals surface area contributed by atoms with E-state index >= 15 is 0 Å². The SMILES string of the molecule is CNC(=O)c1ccc(C(=O)Nc2ncc3ccc(-c4cnn(C5CCN(C)CC5)c4)cc3n2)cn1. The molecule has 3 aromatic heterocycles. The van der Waals surface area contributed by atoms with Gasteiger partial charge in [-0.25, -0.2) is 9.97 Å². The molecule has 5 rings (SSSR count).